The molecule has 0 radical (unpaired) electrons. The molecule has 0 saturated carbocycles. The maximum absolute atomic E-state index is 2.40. The van der Waals surface area contributed by atoms with E-state index in [-0.39, 0.29) is 5.41 Å². The van der Waals surface area contributed by atoms with Gasteiger partial charge < -0.3 is 0 Å². The van der Waals surface area contributed by atoms with Crippen LogP contribution >= 0.6 is 0 Å². The second-order valence-corrected chi connectivity index (χ2v) is 19.3. The molecule has 0 unspecified atom stereocenters. The van der Waals surface area contributed by atoms with Crippen molar-refractivity contribution in [2.45, 2.75) is 45.4 Å². The van der Waals surface area contributed by atoms with Gasteiger partial charge in [-0.1, -0.05) is 244 Å². The minimum absolute atomic E-state index is 0.0162. The van der Waals surface area contributed by atoms with Crippen molar-refractivity contribution in [1.82, 2.24) is 0 Å². The predicted octanol–water partition coefficient (Wildman–Crippen LogP) is 18.4. The van der Waals surface area contributed by atoms with Crippen molar-refractivity contribution in [3.63, 3.8) is 0 Å². The summed E-state index contributed by atoms with van der Waals surface area (Å²) in [5, 5.41) is 0. The van der Waals surface area contributed by atoms with E-state index in [4.69, 9.17) is 0 Å². The van der Waals surface area contributed by atoms with Gasteiger partial charge in [0.2, 0.25) is 0 Å². The molecule has 0 fully saturated rings. The molecule has 10 aromatic rings. The van der Waals surface area contributed by atoms with E-state index in [0.717, 1.165) is 19.3 Å². The Hall–Kier alpha value is -8.06. The lowest BCUT2D eigenvalue weighted by molar-refractivity contribution is 0.660. The molecule has 0 aromatic heterocycles. The SMILES string of the molecule is Cc1ccc(-c2cccc(CC/C(=C/c3ccccc3)c3ccc(-c4cccc(-c5ccccc5)c4)cc3)c2)cc1-c1ccccc1Cc1ccc(-c2ccc3c(c2)-c2ccccc2C3(C)C)cc1. The summed E-state index contributed by atoms with van der Waals surface area (Å²) in [6.07, 6.45) is 5.09. The summed E-state index contributed by atoms with van der Waals surface area (Å²) in [4.78, 5) is 0. The monoisotopic (exact) mass is 884 g/mol. The van der Waals surface area contributed by atoms with Crippen LogP contribution in [0.4, 0.5) is 0 Å². The van der Waals surface area contributed by atoms with Gasteiger partial charge in [0.05, 0.1) is 0 Å². The highest BCUT2D eigenvalue weighted by molar-refractivity contribution is 5.86. The quantitative estimate of drug-likeness (QED) is 0.107. The van der Waals surface area contributed by atoms with E-state index in [0.29, 0.717) is 0 Å². The number of hydrogen-bond acceptors (Lipinski definition) is 0. The van der Waals surface area contributed by atoms with E-state index in [2.05, 4.69) is 270 Å². The number of allylic oxidation sites excluding steroid dienone is 1. The van der Waals surface area contributed by atoms with Crippen LogP contribution in [0.1, 0.15) is 64.8 Å². The zero-order chi connectivity index (χ0) is 46.7. The average molecular weight is 885 g/mol. The third-order valence-corrected chi connectivity index (χ3v) is 14.5. The van der Waals surface area contributed by atoms with Crippen LogP contribution in [0.25, 0.3) is 78.4 Å². The zero-order valence-electron chi connectivity index (χ0n) is 39.8. The molecule has 0 spiro atoms. The van der Waals surface area contributed by atoms with Crippen molar-refractivity contribution in [2.24, 2.45) is 0 Å². The first-order valence-corrected chi connectivity index (χ1v) is 24.5. The molecule has 0 heterocycles. The van der Waals surface area contributed by atoms with Gasteiger partial charge in [0.25, 0.3) is 0 Å². The van der Waals surface area contributed by atoms with E-state index in [1.165, 1.54) is 117 Å². The molecule has 0 amide bonds. The Balaban J connectivity index is 0.816. The first-order valence-electron chi connectivity index (χ1n) is 24.5. The Morgan fingerprint density at radius 3 is 1.65 bits per heavy atom. The topological polar surface area (TPSA) is 0 Å². The summed E-state index contributed by atoms with van der Waals surface area (Å²) in [6, 6.07) is 89.6. The van der Waals surface area contributed by atoms with Crippen LogP contribution in [0, 0.1) is 6.92 Å². The van der Waals surface area contributed by atoms with Crippen LogP contribution in [-0.2, 0) is 18.3 Å². The molecular formula is C69H56. The van der Waals surface area contributed by atoms with Gasteiger partial charge >= 0.3 is 0 Å². The van der Waals surface area contributed by atoms with Gasteiger partial charge in [-0.25, -0.2) is 0 Å². The summed E-state index contributed by atoms with van der Waals surface area (Å²) >= 11 is 0. The first kappa shape index (κ1) is 43.5. The van der Waals surface area contributed by atoms with Crippen molar-refractivity contribution in [1.29, 1.82) is 0 Å². The fourth-order valence-electron chi connectivity index (χ4n) is 10.6. The molecule has 0 nitrogen and oxygen atoms in total. The number of aryl methyl sites for hydroxylation is 2. The fraction of sp³-hybridized carbons (Fsp3) is 0.101. The van der Waals surface area contributed by atoms with Crippen LogP contribution < -0.4 is 0 Å². The molecule has 11 rings (SSSR count). The first-order chi connectivity index (χ1) is 33.8. The molecule has 10 aromatic carbocycles. The lowest BCUT2D eigenvalue weighted by Gasteiger charge is -2.21. The Bertz CT molecular complexity index is 3460. The molecule has 0 bridgehead atoms. The smallest absolute Gasteiger partial charge is 0.0158 e. The Morgan fingerprint density at radius 2 is 0.899 bits per heavy atom. The number of benzene rings is 10. The molecule has 0 saturated heterocycles. The Morgan fingerprint density at radius 1 is 0.377 bits per heavy atom. The number of hydrogen-bond donors (Lipinski definition) is 0. The highest BCUT2D eigenvalue weighted by Gasteiger charge is 2.35. The van der Waals surface area contributed by atoms with Crippen LogP contribution in [0.2, 0.25) is 0 Å². The molecule has 332 valence electrons. The molecule has 0 N–H and O–H groups in total. The highest BCUT2D eigenvalue weighted by Crippen LogP contribution is 2.49. The van der Waals surface area contributed by atoms with Crippen LogP contribution in [-0.4, -0.2) is 0 Å². The predicted molar refractivity (Wildman–Crippen MR) is 294 cm³/mol. The summed E-state index contributed by atoms with van der Waals surface area (Å²) < 4.78 is 0. The van der Waals surface area contributed by atoms with Crippen molar-refractivity contribution in [2.75, 3.05) is 0 Å². The molecule has 1 aliphatic rings. The van der Waals surface area contributed by atoms with E-state index >= 15 is 0 Å². The average Bonchev–Trinajstić information content (AvgIpc) is 3.64. The maximum atomic E-state index is 2.40. The Labute approximate surface area is 409 Å². The van der Waals surface area contributed by atoms with Gasteiger partial charge in [0, 0.05) is 5.41 Å². The number of fused-ring (bicyclic) bond motifs is 3. The van der Waals surface area contributed by atoms with Gasteiger partial charge in [0.1, 0.15) is 0 Å². The van der Waals surface area contributed by atoms with E-state index in [1.54, 1.807) is 0 Å². The lowest BCUT2D eigenvalue weighted by atomic mass is 9.82. The van der Waals surface area contributed by atoms with Crippen LogP contribution in [0.5, 0.6) is 0 Å². The van der Waals surface area contributed by atoms with E-state index in [1.807, 2.05) is 0 Å². The molecule has 0 heteroatoms. The molecule has 0 aliphatic heterocycles. The van der Waals surface area contributed by atoms with Crippen LogP contribution in [0.3, 0.4) is 0 Å². The Kier molecular flexibility index (Phi) is 11.9. The fourth-order valence-corrected chi connectivity index (χ4v) is 10.6. The van der Waals surface area contributed by atoms with Crippen molar-refractivity contribution >= 4 is 11.6 Å². The second kappa shape index (κ2) is 18.9. The number of rotatable bonds is 12. The second-order valence-electron chi connectivity index (χ2n) is 19.3. The summed E-state index contributed by atoms with van der Waals surface area (Å²) in [5.74, 6) is 0. The minimum atomic E-state index is 0.0162. The maximum Gasteiger partial charge on any atom is 0.0158 e. The lowest BCUT2D eigenvalue weighted by Crippen LogP contribution is -2.14. The van der Waals surface area contributed by atoms with Gasteiger partial charge in [0.15, 0.2) is 0 Å². The standard InChI is InChI=1S/C69H56/c1-48-28-32-61(46-65(48)63-25-11-10-21-62(63)44-51-29-33-53(34-30-51)60-40-41-68-66(47-60)64-26-12-13-27-67(64)69(68,2)3)56-22-14-18-50(43-56)31-35-59(42-49-16-6-4-7-17-49)55-38-36-54(37-39-55)58-24-15-23-57(45-58)52-19-8-5-9-20-52/h4-30,32-34,36-43,45-47H,31,35,44H2,1-3H3/b59-42-. The van der Waals surface area contributed by atoms with Crippen molar-refractivity contribution in [3.8, 4) is 66.8 Å². The van der Waals surface area contributed by atoms with Gasteiger partial charge in [-0.05, 0) is 161 Å². The van der Waals surface area contributed by atoms with Gasteiger partial charge in [-0.15, -0.1) is 0 Å². The highest BCUT2D eigenvalue weighted by atomic mass is 14.4. The summed E-state index contributed by atoms with van der Waals surface area (Å²) in [5.41, 5.74) is 27.1. The normalized spacial score (nSPS) is 12.7. The van der Waals surface area contributed by atoms with E-state index in [9.17, 15) is 0 Å². The van der Waals surface area contributed by atoms with Crippen molar-refractivity contribution < 1.29 is 0 Å². The summed E-state index contributed by atoms with van der Waals surface area (Å²) in [7, 11) is 0. The minimum Gasteiger partial charge on any atom is -0.0622 e. The molecule has 69 heavy (non-hydrogen) atoms. The van der Waals surface area contributed by atoms with Gasteiger partial charge in [-0.3, -0.25) is 0 Å². The third kappa shape index (κ3) is 9.07. The zero-order valence-corrected chi connectivity index (χ0v) is 39.8. The van der Waals surface area contributed by atoms with E-state index < -0.39 is 0 Å². The third-order valence-electron chi connectivity index (χ3n) is 14.5. The van der Waals surface area contributed by atoms with Crippen molar-refractivity contribution in [3.05, 3.63) is 287 Å². The van der Waals surface area contributed by atoms with Crippen LogP contribution in [0.15, 0.2) is 243 Å². The molecule has 1 aliphatic carbocycles. The largest absolute Gasteiger partial charge is 0.0622 e. The summed E-state index contributed by atoms with van der Waals surface area (Å²) in [6.45, 7) is 6.93. The molecular weight excluding hydrogens is 829 g/mol. The molecule has 0 atom stereocenters. The van der Waals surface area contributed by atoms with Gasteiger partial charge in [-0.2, -0.15) is 0 Å².